The lowest BCUT2D eigenvalue weighted by atomic mass is 10.4. The lowest BCUT2D eigenvalue weighted by Gasteiger charge is -1.87. The highest BCUT2D eigenvalue weighted by Crippen LogP contribution is 1.83. The van der Waals surface area contributed by atoms with Crippen molar-refractivity contribution in [1.82, 2.24) is 0 Å². The van der Waals surface area contributed by atoms with Crippen molar-refractivity contribution in [2.75, 3.05) is 7.05 Å². The molecule has 0 aliphatic heterocycles. The zero-order valence-corrected chi connectivity index (χ0v) is 5.83. The van der Waals surface area contributed by atoms with Crippen LogP contribution in [0, 0.1) is 0 Å². The third-order valence-electron chi connectivity index (χ3n) is 0.821. The standard InChI is InChI=1S/C6H11N3/c1-4-6(8-3)9-5-7-2/h5H,3-4H2,1-2H3/b7-5-,9-6-. The van der Waals surface area contributed by atoms with Gasteiger partial charge in [0.2, 0.25) is 0 Å². The topological polar surface area (TPSA) is 37.1 Å². The molecule has 0 saturated carbocycles. The van der Waals surface area contributed by atoms with Crippen LogP contribution in [0.3, 0.4) is 0 Å². The van der Waals surface area contributed by atoms with Gasteiger partial charge in [-0.3, -0.25) is 4.99 Å². The molecule has 0 aromatic rings. The fourth-order valence-corrected chi connectivity index (χ4v) is 0.368. The second-order valence-corrected chi connectivity index (χ2v) is 1.43. The van der Waals surface area contributed by atoms with Crippen molar-refractivity contribution < 1.29 is 0 Å². The molecule has 3 nitrogen and oxygen atoms in total. The first kappa shape index (κ1) is 8.01. The molecule has 0 bridgehead atoms. The molecule has 50 valence electrons. The summed E-state index contributed by atoms with van der Waals surface area (Å²) in [6.07, 6.45) is 2.27. The molecule has 0 radical (unpaired) electrons. The lowest BCUT2D eigenvalue weighted by molar-refractivity contribution is 1.25. The van der Waals surface area contributed by atoms with Gasteiger partial charge in [-0.15, -0.1) is 0 Å². The van der Waals surface area contributed by atoms with Crippen LogP contribution >= 0.6 is 0 Å². The summed E-state index contributed by atoms with van der Waals surface area (Å²) in [5.74, 6) is 0.723. The maximum Gasteiger partial charge on any atom is 0.129 e. The van der Waals surface area contributed by atoms with E-state index in [4.69, 9.17) is 0 Å². The first-order valence-corrected chi connectivity index (χ1v) is 2.79. The van der Waals surface area contributed by atoms with E-state index in [1.54, 1.807) is 7.05 Å². The van der Waals surface area contributed by atoms with Crippen LogP contribution in [0.25, 0.3) is 0 Å². The second kappa shape index (κ2) is 5.15. The first-order chi connectivity index (χ1) is 4.35. The van der Waals surface area contributed by atoms with Crippen LogP contribution in [0.1, 0.15) is 13.3 Å². The zero-order valence-electron chi connectivity index (χ0n) is 5.83. The molecule has 0 aliphatic carbocycles. The van der Waals surface area contributed by atoms with Crippen LogP contribution < -0.4 is 0 Å². The van der Waals surface area contributed by atoms with Gasteiger partial charge >= 0.3 is 0 Å². The average Bonchev–Trinajstić information content (AvgIpc) is 1.91. The Balaban J connectivity index is 3.90. The van der Waals surface area contributed by atoms with Crippen LogP contribution in [-0.4, -0.2) is 25.9 Å². The van der Waals surface area contributed by atoms with Gasteiger partial charge in [0.15, 0.2) is 0 Å². The molecule has 0 saturated heterocycles. The summed E-state index contributed by atoms with van der Waals surface area (Å²) in [6, 6.07) is 0. The van der Waals surface area contributed by atoms with Crippen molar-refractivity contribution in [3.05, 3.63) is 0 Å². The Hall–Kier alpha value is -0.990. The SMILES string of the molecule is C=N/C(CC)=N\C=N/C. The Kier molecular flexibility index (Phi) is 4.59. The molecular weight excluding hydrogens is 114 g/mol. The van der Waals surface area contributed by atoms with Gasteiger partial charge in [0.1, 0.15) is 12.2 Å². The first-order valence-electron chi connectivity index (χ1n) is 2.79. The van der Waals surface area contributed by atoms with Crippen molar-refractivity contribution in [2.45, 2.75) is 13.3 Å². The van der Waals surface area contributed by atoms with Crippen LogP contribution in [-0.2, 0) is 0 Å². The smallest absolute Gasteiger partial charge is 0.129 e. The Morgan fingerprint density at radius 2 is 2.33 bits per heavy atom. The molecule has 0 atom stereocenters. The van der Waals surface area contributed by atoms with Gasteiger partial charge in [0.25, 0.3) is 0 Å². The highest BCUT2D eigenvalue weighted by molar-refractivity contribution is 5.91. The molecule has 0 spiro atoms. The molecule has 0 N–H and O–H groups in total. The predicted octanol–water partition coefficient (Wildman–Crippen LogP) is 1.15. The quantitative estimate of drug-likeness (QED) is 0.392. The third-order valence-corrected chi connectivity index (χ3v) is 0.821. The fourth-order valence-electron chi connectivity index (χ4n) is 0.368. The molecule has 0 heterocycles. The summed E-state index contributed by atoms with van der Waals surface area (Å²) >= 11 is 0. The molecule has 9 heavy (non-hydrogen) atoms. The minimum Gasteiger partial charge on any atom is -0.277 e. The lowest BCUT2D eigenvalue weighted by Crippen LogP contribution is -1.89. The number of nitrogens with zero attached hydrogens (tertiary/aromatic N) is 3. The number of hydrogen-bond acceptors (Lipinski definition) is 1. The summed E-state index contributed by atoms with van der Waals surface area (Å²) < 4.78 is 0. The Morgan fingerprint density at radius 3 is 2.67 bits per heavy atom. The Labute approximate surface area is 55.2 Å². The van der Waals surface area contributed by atoms with E-state index < -0.39 is 0 Å². The predicted molar refractivity (Wildman–Crippen MR) is 41.7 cm³/mol. The van der Waals surface area contributed by atoms with Crippen molar-refractivity contribution in [3.8, 4) is 0 Å². The van der Waals surface area contributed by atoms with E-state index in [2.05, 4.69) is 21.7 Å². The van der Waals surface area contributed by atoms with E-state index in [9.17, 15) is 0 Å². The number of hydrogen-bond donors (Lipinski definition) is 0. The van der Waals surface area contributed by atoms with E-state index in [0.717, 1.165) is 12.3 Å². The Morgan fingerprint density at radius 1 is 1.67 bits per heavy atom. The molecular formula is C6H11N3. The molecule has 0 unspecified atom stereocenters. The van der Waals surface area contributed by atoms with Gasteiger partial charge in [-0.1, -0.05) is 6.92 Å². The van der Waals surface area contributed by atoms with E-state index in [1.807, 2.05) is 6.92 Å². The van der Waals surface area contributed by atoms with Crippen molar-refractivity contribution in [3.63, 3.8) is 0 Å². The van der Waals surface area contributed by atoms with Crippen LogP contribution in [0.5, 0.6) is 0 Å². The van der Waals surface area contributed by atoms with Gasteiger partial charge in [-0.05, 0) is 6.72 Å². The second-order valence-electron chi connectivity index (χ2n) is 1.43. The third kappa shape index (κ3) is 3.58. The number of rotatable bonds is 2. The van der Waals surface area contributed by atoms with Gasteiger partial charge in [-0.25, -0.2) is 9.98 Å². The maximum atomic E-state index is 3.88. The zero-order chi connectivity index (χ0) is 7.11. The number of amidine groups is 1. The number of aliphatic imine (C=N–C) groups is 3. The molecule has 0 amide bonds. The minimum atomic E-state index is 0.723. The summed E-state index contributed by atoms with van der Waals surface area (Å²) in [5, 5.41) is 0. The highest BCUT2D eigenvalue weighted by atomic mass is 14.9. The minimum absolute atomic E-state index is 0.723. The summed E-state index contributed by atoms with van der Waals surface area (Å²) in [7, 11) is 1.67. The van der Waals surface area contributed by atoms with E-state index in [1.165, 1.54) is 6.34 Å². The molecule has 0 aromatic heterocycles. The van der Waals surface area contributed by atoms with Gasteiger partial charge < -0.3 is 0 Å². The molecule has 0 aliphatic rings. The summed E-state index contributed by atoms with van der Waals surface area (Å²) in [4.78, 5) is 11.2. The van der Waals surface area contributed by atoms with E-state index >= 15 is 0 Å². The highest BCUT2D eigenvalue weighted by Gasteiger charge is 1.83. The Bertz CT molecular complexity index is 135. The van der Waals surface area contributed by atoms with Crippen molar-refractivity contribution in [2.24, 2.45) is 15.0 Å². The van der Waals surface area contributed by atoms with Crippen LogP contribution in [0.4, 0.5) is 0 Å². The summed E-state index contributed by atoms with van der Waals surface area (Å²) in [5.41, 5.74) is 0. The molecule has 0 rings (SSSR count). The monoisotopic (exact) mass is 125 g/mol. The fraction of sp³-hybridized carbons (Fsp3) is 0.500. The van der Waals surface area contributed by atoms with Crippen LogP contribution in [0.2, 0.25) is 0 Å². The molecule has 0 fully saturated rings. The largest absolute Gasteiger partial charge is 0.277 e. The van der Waals surface area contributed by atoms with E-state index in [-0.39, 0.29) is 0 Å². The molecule has 0 aromatic carbocycles. The maximum absolute atomic E-state index is 3.88. The summed E-state index contributed by atoms with van der Waals surface area (Å²) in [6.45, 7) is 5.31. The van der Waals surface area contributed by atoms with Gasteiger partial charge in [-0.2, -0.15) is 0 Å². The normalized spacial score (nSPS) is 12.4. The van der Waals surface area contributed by atoms with Crippen molar-refractivity contribution >= 4 is 18.9 Å². The van der Waals surface area contributed by atoms with Crippen LogP contribution in [0.15, 0.2) is 15.0 Å². The van der Waals surface area contributed by atoms with Gasteiger partial charge in [0.05, 0.1) is 0 Å². The van der Waals surface area contributed by atoms with Crippen molar-refractivity contribution in [1.29, 1.82) is 0 Å². The average molecular weight is 125 g/mol. The van der Waals surface area contributed by atoms with E-state index in [0.29, 0.717) is 0 Å². The van der Waals surface area contributed by atoms with Gasteiger partial charge in [0, 0.05) is 13.5 Å². The molecule has 3 heteroatoms.